The lowest BCUT2D eigenvalue weighted by molar-refractivity contribution is -0.385. The van der Waals surface area contributed by atoms with Crippen LogP contribution in [-0.2, 0) is 4.79 Å². The number of nitrogens with zero attached hydrogens (tertiary/aromatic N) is 1. The Morgan fingerprint density at radius 3 is 2.39 bits per heavy atom. The van der Waals surface area contributed by atoms with Gasteiger partial charge in [0.05, 0.1) is 17.3 Å². The van der Waals surface area contributed by atoms with Crippen molar-refractivity contribution in [2.24, 2.45) is 0 Å². The summed E-state index contributed by atoms with van der Waals surface area (Å²) < 4.78 is 36.8. The zero-order valence-corrected chi connectivity index (χ0v) is 8.85. The number of nitro groups is 1. The van der Waals surface area contributed by atoms with Crippen molar-refractivity contribution in [1.29, 1.82) is 0 Å². The van der Waals surface area contributed by atoms with Gasteiger partial charge in [-0.2, -0.15) is 13.2 Å². The van der Waals surface area contributed by atoms with Crippen LogP contribution < -0.4 is 0 Å². The molecule has 1 atom stereocenters. The summed E-state index contributed by atoms with van der Waals surface area (Å²) in [4.78, 5) is 20.6. The molecule has 1 N–H and O–H groups in total. The molecule has 0 amide bonds. The van der Waals surface area contributed by atoms with E-state index in [0.717, 1.165) is 12.1 Å². The maximum atomic E-state index is 12.3. The lowest BCUT2D eigenvalue weighted by atomic mass is 9.94. The van der Waals surface area contributed by atoms with Crippen molar-refractivity contribution in [3.8, 4) is 0 Å². The quantitative estimate of drug-likeness (QED) is 0.669. The molecule has 98 valence electrons. The number of carboxylic acids is 1. The minimum atomic E-state index is -4.72. The van der Waals surface area contributed by atoms with E-state index in [9.17, 15) is 28.1 Å². The molecule has 0 heterocycles. The van der Waals surface area contributed by atoms with Crippen molar-refractivity contribution >= 4 is 11.7 Å². The minimum Gasteiger partial charge on any atom is -0.481 e. The highest BCUT2D eigenvalue weighted by Crippen LogP contribution is 2.35. The fourth-order valence-electron chi connectivity index (χ4n) is 1.51. The van der Waals surface area contributed by atoms with Crippen molar-refractivity contribution in [2.75, 3.05) is 0 Å². The Kier molecular flexibility index (Phi) is 3.89. The van der Waals surface area contributed by atoms with Gasteiger partial charge in [-0.15, -0.1) is 0 Å². The summed E-state index contributed by atoms with van der Waals surface area (Å²) in [7, 11) is 0. The van der Waals surface area contributed by atoms with Gasteiger partial charge in [0.25, 0.3) is 5.69 Å². The van der Waals surface area contributed by atoms with Gasteiger partial charge in [-0.05, 0) is 0 Å². The summed E-state index contributed by atoms with van der Waals surface area (Å²) in [5, 5.41) is 19.4. The molecule has 18 heavy (non-hydrogen) atoms. The molecule has 0 aromatic heterocycles. The van der Waals surface area contributed by atoms with Crippen molar-refractivity contribution in [3.05, 3.63) is 39.9 Å². The molecule has 0 radical (unpaired) electrons. The first-order valence-corrected chi connectivity index (χ1v) is 4.75. The molecule has 1 aromatic carbocycles. The average molecular weight is 263 g/mol. The molecule has 0 aliphatic carbocycles. The van der Waals surface area contributed by atoms with Gasteiger partial charge in [0.1, 0.15) is 0 Å². The van der Waals surface area contributed by atoms with E-state index in [-0.39, 0.29) is 0 Å². The van der Waals surface area contributed by atoms with Crippen molar-refractivity contribution in [2.45, 2.75) is 18.5 Å². The number of halogens is 3. The van der Waals surface area contributed by atoms with Gasteiger partial charge in [-0.3, -0.25) is 14.9 Å². The predicted octanol–water partition coefficient (Wildman–Crippen LogP) is 2.72. The molecular weight excluding hydrogens is 255 g/mol. The predicted molar refractivity (Wildman–Crippen MR) is 54.1 cm³/mol. The molecular formula is C10H8F3NO4. The zero-order valence-electron chi connectivity index (χ0n) is 8.85. The van der Waals surface area contributed by atoms with Crippen molar-refractivity contribution < 1.29 is 28.0 Å². The van der Waals surface area contributed by atoms with Crippen LogP contribution in [0.1, 0.15) is 17.9 Å². The number of carbonyl (C=O) groups is 1. The van der Waals surface area contributed by atoms with Gasteiger partial charge in [0, 0.05) is 11.6 Å². The molecule has 0 unspecified atom stereocenters. The van der Waals surface area contributed by atoms with Crippen LogP contribution in [0.15, 0.2) is 24.3 Å². The Morgan fingerprint density at radius 2 is 1.94 bits per heavy atom. The van der Waals surface area contributed by atoms with E-state index in [2.05, 4.69) is 0 Å². The first-order chi connectivity index (χ1) is 8.22. The summed E-state index contributed by atoms with van der Waals surface area (Å²) in [5.74, 6) is -3.73. The first kappa shape index (κ1) is 13.9. The summed E-state index contributed by atoms with van der Waals surface area (Å²) >= 11 is 0. The average Bonchev–Trinajstić information content (AvgIpc) is 2.24. The normalized spacial score (nSPS) is 13.1. The largest absolute Gasteiger partial charge is 0.481 e. The van der Waals surface area contributed by atoms with E-state index in [1.807, 2.05) is 0 Å². The van der Waals surface area contributed by atoms with E-state index in [0.29, 0.717) is 0 Å². The number of carboxylic acid groups (broad SMARTS) is 1. The summed E-state index contributed by atoms with van der Waals surface area (Å²) in [6.07, 6.45) is -6.36. The molecule has 0 bridgehead atoms. The fraction of sp³-hybridized carbons (Fsp3) is 0.300. The fourth-order valence-corrected chi connectivity index (χ4v) is 1.51. The number of nitro benzene ring substituents is 1. The number of rotatable bonds is 4. The molecule has 0 spiro atoms. The Morgan fingerprint density at radius 1 is 1.39 bits per heavy atom. The topological polar surface area (TPSA) is 80.4 Å². The number of hydrogen-bond acceptors (Lipinski definition) is 3. The summed E-state index contributed by atoms with van der Waals surface area (Å²) in [6, 6.07) is 4.51. The maximum Gasteiger partial charge on any atom is 0.390 e. The Bertz CT molecular complexity index is 472. The summed E-state index contributed by atoms with van der Waals surface area (Å²) in [5.41, 5.74) is -1.08. The highest BCUT2D eigenvalue weighted by molar-refractivity contribution is 5.78. The molecule has 1 rings (SSSR count). The zero-order chi connectivity index (χ0) is 13.9. The van der Waals surface area contributed by atoms with E-state index in [4.69, 9.17) is 5.11 Å². The highest BCUT2D eigenvalue weighted by atomic mass is 19.4. The van der Waals surface area contributed by atoms with E-state index in [1.165, 1.54) is 12.1 Å². The monoisotopic (exact) mass is 263 g/mol. The smallest absolute Gasteiger partial charge is 0.390 e. The van der Waals surface area contributed by atoms with Crippen LogP contribution in [0, 0.1) is 10.1 Å². The van der Waals surface area contributed by atoms with E-state index >= 15 is 0 Å². The van der Waals surface area contributed by atoms with Crippen molar-refractivity contribution in [3.63, 3.8) is 0 Å². The Hall–Kier alpha value is -2.12. The first-order valence-electron chi connectivity index (χ1n) is 4.75. The van der Waals surface area contributed by atoms with Crippen LogP contribution in [0.4, 0.5) is 18.9 Å². The van der Waals surface area contributed by atoms with Gasteiger partial charge in [-0.25, -0.2) is 0 Å². The van der Waals surface area contributed by atoms with Gasteiger partial charge in [-0.1, -0.05) is 18.2 Å². The van der Waals surface area contributed by atoms with E-state index < -0.39 is 40.7 Å². The van der Waals surface area contributed by atoms with Crippen LogP contribution >= 0.6 is 0 Å². The third-order valence-corrected chi connectivity index (χ3v) is 2.24. The van der Waals surface area contributed by atoms with E-state index in [1.54, 1.807) is 0 Å². The molecule has 8 heteroatoms. The highest BCUT2D eigenvalue weighted by Gasteiger charge is 2.38. The number of alkyl halides is 3. The molecule has 0 aliphatic rings. The standard InChI is InChI=1S/C10H8F3NO4/c11-10(12,13)5-7(9(15)16)6-3-1-2-4-8(6)14(17)18/h1-4,7H,5H2,(H,15,16)/t7-/m0/s1. The van der Waals surface area contributed by atoms with Gasteiger partial charge < -0.3 is 5.11 Å². The van der Waals surface area contributed by atoms with Crippen LogP contribution in [0.3, 0.4) is 0 Å². The van der Waals surface area contributed by atoms with Gasteiger partial charge >= 0.3 is 12.1 Å². The molecule has 1 aromatic rings. The van der Waals surface area contributed by atoms with Crippen LogP contribution in [0.5, 0.6) is 0 Å². The Balaban J connectivity index is 3.22. The van der Waals surface area contributed by atoms with Crippen molar-refractivity contribution in [1.82, 2.24) is 0 Å². The third-order valence-electron chi connectivity index (χ3n) is 2.24. The third kappa shape index (κ3) is 3.44. The van der Waals surface area contributed by atoms with Crippen LogP contribution in [0.2, 0.25) is 0 Å². The SMILES string of the molecule is O=C(O)[C@@H](CC(F)(F)F)c1ccccc1[N+](=O)[O-]. The molecule has 5 nitrogen and oxygen atoms in total. The second kappa shape index (κ2) is 5.03. The lowest BCUT2D eigenvalue weighted by Gasteiger charge is -2.14. The molecule has 0 saturated heterocycles. The lowest BCUT2D eigenvalue weighted by Crippen LogP contribution is -2.21. The second-order valence-electron chi connectivity index (χ2n) is 3.53. The Labute approximate surface area is 99.0 Å². The van der Waals surface area contributed by atoms with Crippen LogP contribution in [-0.4, -0.2) is 22.2 Å². The summed E-state index contributed by atoms with van der Waals surface area (Å²) in [6.45, 7) is 0. The molecule has 0 aliphatic heterocycles. The molecule has 0 fully saturated rings. The number of aliphatic carboxylic acids is 1. The molecule has 0 saturated carbocycles. The van der Waals surface area contributed by atoms with Gasteiger partial charge in [0.15, 0.2) is 0 Å². The number of hydrogen-bond donors (Lipinski definition) is 1. The second-order valence-corrected chi connectivity index (χ2v) is 3.53. The number of para-hydroxylation sites is 1. The minimum absolute atomic E-state index is 0.452. The van der Waals surface area contributed by atoms with Crippen LogP contribution in [0.25, 0.3) is 0 Å². The van der Waals surface area contributed by atoms with Gasteiger partial charge in [0.2, 0.25) is 0 Å². The maximum absolute atomic E-state index is 12.3. The number of benzene rings is 1.